The summed E-state index contributed by atoms with van der Waals surface area (Å²) in [4.78, 5) is 12.2. The van der Waals surface area contributed by atoms with E-state index >= 15 is 0 Å². The summed E-state index contributed by atoms with van der Waals surface area (Å²) in [7, 11) is 1.61. The van der Waals surface area contributed by atoms with Crippen molar-refractivity contribution in [3.63, 3.8) is 0 Å². The second-order valence-electron chi connectivity index (χ2n) is 4.38. The molecular formula is C14H18N4O2S2. The van der Waals surface area contributed by atoms with Crippen LogP contribution in [0.5, 0.6) is 5.75 Å². The van der Waals surface area contributed by atoms with Crippen molar-refractivity contribution in [2.24, 2.45) is 0 Å². The topological polar surface area (TPSA) is 76.1 Å². The molecule has 1 amide bonds. The van der Waals surface area contributed by atoms with Crippen LogP contribution in [0.2, 0.25) is 0 Å². The van der Waals surface area contributed by atoms with Gasteiger partial charge in [0.25, 0.3) is 0 Å². The summed E-state index contributed by atoms with van der Waals surface area (Å²) >= 11 is 2.84. The van der Waals surface area contributed by atoms with Crippen molar-refractivity contribution in [1.82, 2.24) is 10.2 Å². The molecular weight excluding hydrogens is 320 g/mol. The number of methoxy groups -OCH3 is 1. The number of aromatic nitrogens is 2. The Morgan fingerprint density at radius 1 is 1.36 bits per heavy atom. The van der Waals surface area contributed by atoms with Gasteiger partial charge in [-0.25, -0.2) is 0 Å². The summed E-state index contributed by atoms with van der Waals surface area (Å²) in [5.74, 6) is 0.681. The summed E-state index contributed by atoms with van der Waals surface area (Å²) in [5, 5.41) is 14.6. The fourth-order valence-electron chi connectivity index (χ4n) is 1.60. The van der Waals surface area contributed by atoms with Crippen molar-refractivity contribution in [3.05, 3.63) is 24.3 Å². The molecule has 0 fully saturated rings. The summed E-state index contributed by atoms with van der Waals surface area (Å²) < 4.78 is 5.86. The number of carbonyl (C=O) groups is 1. The van der Waals surface area contributed by atoms with Crippen molar-refractivity contribution in [2.45, 2.75) is 23.4 Å². The number of hydrogen-bond acceptors (Lipinski definition) is 7. The molecule has 0 saturated carbocycles. The zero-order chi connectivity index (χ0) is 15.9. The van der Waals surface area contributed by atoms with Crippen molar-refractivity contribution in [3.8, 4) is 5.75 Å². The number of amides is 1. The van der Waals surface area contributed by atoms with Gasteiger partial charge >= 0.3 is 0 Å². The highest BCUT2D eigenvalue weighted by molar-refractivity contribution is 8.02. The maximum Gasteiger partial charge on any atom is 0.237 e. The largest absolute Gasteiger partial charge is 0.497 e. The van der Waals surface area contributed by atoms with Crippen molar-refractivity contribution in [2.75, 3.05) is 24.3 Å². The molecule has 2 rings (SSSR count). The van der Waals surface area contributed by atoms with Gasteiger partial charge in [0.2, 0.25) is 11.0 Å². The highest BCUT2D eigenvalue weighted by Gasteiger charge is 2.17. The molecule has 0 aliphatic carbocycles. The predicted octanol–water partition coefficient (Wildman–Crippen LogP) is 3.10. The minimum absolute atomic E-state index is 0.0737. The Balaban J connectivity index is 1.90. The third kappa shape index (κ3) is 4.60. The summed E-state index contributed by atoms with van der Waals surface area (Å²) in [6.45, 7) is 4.64. The molecule has 1 aromatic heterocycles. The van der Waals surface area contributed by atoms with Crippen LogP contribution in [0.15, 0.2) is 28.6 Å². The van der Waals surface area contributed by atoms with Crippen LogP contribution in [0, 0.1) is 0 Å². The van der Waals surface area contributed by atoms with E-state index in [4.69, 9.17) is 4.74 Å². The van der Waals surface area contributed by atoms with E-state index in [9.17, 15) is 4.79 Å². The molecule has 1 heterocycles. The third-order valence-corrected chi connectivity index (χ3v) is 4.80. The Morgan fingerprint density at radius 3 is 2.73 bits per heavy atom. The fraction of sp³-hybridized carbons (Fsp3) is 0.357. The van der Waals surface area contributed by atoms with Crippen LogP contribution in [0.3, 0.4) is 0 Å². The van der Waals surface area contributed by atoms with Crippen molar-refractivity contribution < 1.29 is 9.53 Å². The molecule has 0 bridgehead atoms. The minimum Gasteiger partial charge on any atom is -0.497 e. The standard InChI is InChI=1S/C14H18N4O2S2/c1-4-15-13-17-18-14(22-13)21-9(2)12(19)16-10-5-7-11(20-3)8-6-10/h5-9H,4H2,1-3H3,(H,15,17)(H,16,19)/t9-/m1/s1. The van der Waals surface area contributed by atoms with E-state index in [1.165, 1.54) is 23.1 Å². The first-order valence-corrected chi connectivity index (χ1v) is 8.51. The molecule has 0 saturated heterocycles. The number of nitrogens with zero attached hydrogens (tertiary/aromatic N) is 2. The number of nitrogens with one attached hydrogen (secondary N) is 2. The predicted molar refractivity (Wildman–Crippen MR) is 91.0 cm³/mol. The average Bonchev–Trinajstić information content (AvgIpc) is 2.95. The zero-order valence-electron chi connectivity index (χ0n) is 12.6. The number of carbonyl (C=O) groups excluding carboxylic acids is 1. The van der Waals surface area contributed by atoms with Crippen LogP contribution in [0.1, 0.15) is 13.8 Å². The average molecular weight is 338 g/mol. The van der Waals surface area contributed by atoms with Gasteiger partial charge in [0.05, 0.1) is 12.4 Å². The van der Waals surface area contributed by atoms with E-state index in [1.807, 2.05) is 26.0 Å². The van der Waals surface area contributed by atoms with Crippen LogP contribution in [0.4, 0.5) is 10.8 Å². The number of hydrogen-bond donors (Lipinski definition) is 2. The molecule has 0 spiro atoms. The minimum atomic E-state index is -0.260. The van der Waals surface area contributed by atoms with Crippen LogP contribution in [-0.4, -0.2) is 35.0 Å². The van der Waals surface area contributed by atoms with Gasteiger partial charge in [-0.05, 0) is 38.1 Å². The van der Waals surface area contributed by atoms with Crippen LogP contribution >= 0.6 is 23.1 Å². The lowest BCUT2D eigenvalue weighted by molar-refractivity contribution is -0.115. The SMILES string of the molecule is CCNc1nnc(S[C@H](C)C(=O)Nc2ccc(OC)cc2)s1. The second-order valence-corrected chi connectivity index (χ2v) is 6.95. The molecule has 1 atom stereocenters. The van der Waals surface area contributed by atoms with E-state index in [2.05, 4.69) is 20.8 Å². The molecule has 8 heteroatoms. The highest BCUT2D eigenvalue weighted by atomic mass is 32.2. The molecule has 118 valence electrons. The third-order valence-electron chi connectivity index (χ3n) is 2.74. The van der Waals surface area contributed by atoms with Crippen molar-refractivity contribution >= 4 is 39.8 Å². The molecule has 2 aromatic rings. The Bertz CT molecular complexity index is 616. The monoisotopic (exact) mass is 338 g/mol. The Morgan fingerprint density at radius 2 is 2.09 bits per heavy atom. The molecule has 2 N–H and O–H groups in total. The van der Waals surface area contributed by atoms with E-state index in [0.717, 1.165) is 27.5 Å². The normalized spacial score (nSPS) is 11.8. The number of benzene rings is 1. The van der Waals surface area contributed by atoms with Gasteiger partial charge in [0.1, 0.15) is 5.75 Å². The summed E-state index contributed by atoms with van der Waals surface area (Å²) in [5.41, 5.74) is 0.740. The maximum atomic E-state index is 12.2. The molecule has 0 unspecified atom stereocenters. The molecule has 6 nitrogen and oxygen atoms in total. The summed E-state index contributed by atoms with van der Waals surface area (Å²) in [6, 6.07) is 7.23. The lowest BCUT2D eigenvalue weighted by atomic mass is 10.3. The second kappa shape index (κ2) is 8.00. The Labute approximate surface area is 137 Å². The Kier molecular flexibility index (Phi) is 6.02. The molecule has 0 aliphatic rings. The molecule has 1 aromatic carbocycles. The maximum absolute atomic E-state index is 12.2. The Hall–Kier alpha value is -1.80. The molecule has 0 aliphatic heterocycles. The van der Waals surface area contributed by atoms with E-state index in [1.54, 1.807) is 19.2 Å². The van der Waals surface area contributed by atoms with Gasteiger partial charge < -0.3 is 15.4 Å². The fourth-order valence-corrected chi connectivity index (χ4v) is 3.57. The van der Waals surface area contributed by atoms with Gasteiger partial charge in [-0.15, -0.1) is 10.2 Å². The summed E-state index contributed by atoms with van der Waals surface area (Å²) in [6.07, 6.45) is 0. The van der Waals surface area contributed by atoms with Crippen LogP contribution < -0.4 is 15.4 Å². The zero-order valence-corrected chi connectivity index (χ0v) is 14.3. The van der Waals surface area contributed by atoms with E-state index in [-0.39, 0.29) is 11.2 Å². The first-order chi connectivity index (χ1) is 10.6. The smallest absolute Gasteiger partial charge is 0.237 e. The van der Waals surface area contributed by atoms with Crippen LogP contribution in [-0.2, 0) is 4.79 Å². The lowest BCUT2D eigenvalue weighted by Crippen LogP contribution is -2.22. The van der Waals surface area contributed by atoms with Gasteiger partial charge in [-0.1, -0.05) is 23.1 Å². The molecule has 22 heavy (non-hydrogen) atoms. The van der Waals surface area contributed by atoms with Gasteiger partial charge in [0, 0.05) is 12.2 Å². The van der Waals surface area contributed by atoms with E-state index in [0.29, 0.717) is 0 Å². The van der Waals surface area contributed by atoms with Crippen LogP contribution in [0.25, 0.3) is 0 Å². The van der Waals surface area contributed by atoms with Gasteiger partial charge in [0.15, 0.2) is 4.34 Å². The van der Waals surface area contributed by atoms with Gasteiger partial charge in [-0.3, -0.25) is 4.79 Å². The van der Waals surface area contributed by atoms with Gasteiger partial charge in [-0.2, -0.15) is 0 Å². The lowest BCUT2D eigenvalue weighted by Gasteiger charge is -2.10. The van der Waals surface area contributed by atoms with E-state index < -0.39 is 0 Å². The van der Waals surface area contributed by atoms with Crippen molar-refractivity contribution in [1.29, 1.82) is 0 Å². The molecule has 0 radical (unpaired) electrons. The number of thioether (sulfide) groups is 1. The quantitative estimate of drug-likeness (QED) is 0.756. The first-order valence-electron chi connectivity index (χ1n) is 6.81. The highest BCUT2D eigenvalue weighted by Crippen LogP contribution is 2.29. The first kappa shape index (κ1) is 16.6. The number of ether oxygens (including phenoxy) is 1. The number of rotatable bonds is 7. The number of anilines is 2.